The Morgan fingerprint density at radius 2 is 1.75 bits per heavy atom. The lowest BCUT2D eigenvalue weighted by Crippen LogP contribution is -2.27. The Morgan fingerprint density at radius 1 is 1.10 bits per heavy atom. The first-order chi connectivity index (χ1) is 9.67. The number of rotatable bonds is 7. The van der Waals surface area contributed by atoms with E-state index in [1.165, 1.54) is 44.9 Å². The molecule has 1 fully saturated rings. The number of thiol groups is 1. The van der Waals surface area contributed by atoms with E-state index in [9.17, 15) is 0 Å². The zero-order chi connectivity index (χ0) is 14.4. The van der Waals surface area contributed by atoms with Gasteiger partial charge in [-0.15, -0.1) is 0 Å². The number of hydrogen-bond donors (Lipinski definition) is 1. The average molecular weight is 291 g/mol. The van der Waals surface area contributed by atoms with E-state index >= 15 is 0 Å². The third-order valence-corrected chi connectivity index (χ3v) is 5.92. The first-order valence-electron chi connectivity index (χ1n) is 8.33. The van der Waals surface area contributed by atoms with Crippen molar-refractivity contribution in [3.63, 3.8) is 0 Å². The van der Waals surface area contributed by atoms with Crippen molar-refractivity contribution in [3.05, 3.63) is 35.9 Å². The molecule has 0 aromatic heterocycles. The molecule has 112 valence electrons. The summed E-state index contributed by atoms with van der Waals surface area (Å²) in [5.74, 6) is 2.53. The van der Waals surface area contributed by atoms with Gasteiger partial charge in [-0.3, -0.25) is 0 Å². The van der Waals surface area contributed by atoms with Gasteiger partial charge < -0.3 is 0 Å². The molecule has 1 heteroatoms. The topological polar surface area (TPSA) is 0 Å². The van der Waals surface area contributed by atoms with Gasteiger partial charge in [0.2, 0.25) is 0 Å². The van der Waals surface area contributed by atoms with E-state index in [0.717, 1.165) is 17.6 Å². The monoisotopic (exact) mass is 290 g/mol. The van der Waals surface area contributed by atoms with Crippen LogP contribution in [-0.4, -0.2) is 5.75 Å². The minimum Gasteiger partial charge on any atom is -0.179 e. The van der Waals surface area contributed by atoms with Crippen molar-refractivity contribution in [1.29, 1.82) is 0 Å². The molecule has 0 saturated heterocycles. The first-order valence-corrected chi connectivity index (χ1v) is 8.96. The van der Waals surface area contributed by atoms with Gasteiger partial charge in [-0.25, -0.2) is 0 Å². The molecule has 0 amide bonds. The molecule has 1 aliphatic carbocycles. The molecule has 2 atom stereocenters. The quantitative estimate of drug-likeness (QED) is 0.456. The molecule has 1 unspecified atom stereocenters. The minimum atomic E-state index is 0.557. The smallest absolute Gasteiger partial charge is 0.00979 e. The molecule has 1 aromatic carbocycles. The minimum absolute atomic E-state index is 0.557. The molecule has 0 radical (unpaired) electrons. The predicted molar refractivity (Wildman–Crippen MR) is 92.6 cm³/mol. The lowest BCUT2D eigenvalue weighted by atomic mass is 9.67. The Balaban J connectivity index is 2.13. The molecule has 2 rings (SSSR count). The Bertz CT molecular complexity index is 378. The van der Waals surface area contributed by atoms with Crippen molar-refractivity contribution in [2.24, 2.45) is 11.3 Å². The molecule has 1 aliphatic rings. The highest BCUT2D eigenvalue weighted by Crippen LogP contribution is 2.50. The van der Waals surface area contributed by atoms with Gasteiger partial charge in [-0.2, -0.15) is 12.6 Å². The van der Waals surface area contributed by atoms with E-state index in [0.29, 0.717) is 5.41 Å². The fourth-order valence-corrected chi connectivity index (χ4v) is 4.23. The van der Waals surface area contributed by atoms with E-state index in [-0.39, 0.29) is 0 Å². The van der Waals surface area contributed by atoms with Crippen LogP contribution in [0.15, 0.2) is 30.3 Å². The fourth-order valence-electron chi connectivity index (χ4n) is 4.01. The lowest BCUT2D eigenvalue weighted by molar-refractivity contribution is 0.170. The predicted octanol–water partition coefficient (Wildman–Crippen LogP) is 6.09. The SMILES string of the molecule is C[C@@H](C(CCCCS)c1ccccc1)C1(C)CCCC1. The second-order valence-corrected chi connectivity index (χ2v) is 7.33. The molecule has 0 spiro atoms. The van der Waals surface area contributed by atoms with Gasteiger partial charge in [0.05, 0.1) is 0 Å². The van der Waals surface area contributed by atoms with Crippen molar-refractivity contribution >= 4 is 12.6 Å². The highest BCUT2D eigenvalue weighted by Gasteiger charge is 2.38. The molecule has 1 saturated carbocycles. The molecular formula is C19H30S. The van der Waals surface area contributed by atoms with Gasteiger partial charge in [0.15, 0.2) is 0 Å². The Morgan fingerprint density at radius 3 is 2.35 bits per heavy atom. The van der Waals surface area contributed by atoms with E-state index in [4.69, 9.17) is 0 Å². The summed E-state index contributed by atoms with van der Waals surface area (Å²) < 4.78 is 0. The van der Waals surface area contributed by atoms with Gasteiger partial charge in [0.25, 0.3) is 0 Å². The highest BCUT2D eigenvalue weighted by molar-refractivity contribution is 7.80. The van der Waals surface area contributed by atoms with Crippen LogP contribution in [0.1, 0.15) is 70.3 Å². The number of hydrogen-bond acceptors (Lipinski definition) is 1. The molecular weight excluding hydrogens is 260 g/mol. The largest absolute Gasteiger partial charge is 0.179 e. The van der Waals surface area contributed by atoms with Crippen molar-refractivity contribution < 1.29 is 0 Å². The summed E-state index contributed by atoms with van der Waals surface area (Å²) in [5.41, 5.74) is 2.11. The summed E-state index contributed by atoms with van der Waals surface area (Å²) in [7, 11) is 0. The van der Waals surface area contributed by atoms with Crippen LogP contribution in [0.25, 0.3) is 0 Å². The molecule has 0 N–H and O–H groups in total. The summed E-state index contributed by atoms with van der Waals surface area (Å²) in [6.45, 7) is 5.03. The van der Waals surface area contributed by atoms with Crippen molar-refractivity contribution in [2.75, 3.05) is 5.75 Å². The highest BCUT2D eigenvalue weighted by atomic mass is 32.1. The second-order valence-electron chi connectivity index (χ2n) is 6.89. The maximum absolute atomic E-state index is 4.37. The summed E-state index contributed by atoms with van der Waals surface area (Å²) in [6.07, 6.45) is 9.58. The molecule has 0 nitrogen and oxygen atoms in total. The van der Waals surface area contributed by atoms with Gasteiger partial charge >= 0.3 is 0 Å². The fraction of sp³-hybridized carbons (Fsp3) is 0.684. The van der Waals surface area contributed by atoms with Crippen LogP contribution in [0.5, 0.6) is 0 Å². The normalized spacial score (nSPS) is 20.8. The van der Waals surface area contributed by atoms with Crippen LogP contribution < -0.4 is 0 Å². The third kappa shape index (κ3) is 3.81. The molecule has 0 bridgehead atoms. The summed E-state index contributed by atoms with van der Waals surface area (Å²) in [6, 6.07) is 11.2. The van der Waals surface area contributed by atoms with Gasteiger partial charge in [-0.1, -0.05) is 63.4 Å². The van der Waals surface area contributed by atoms with Crippen LogP contribution in [0.2, 0.25) is 0 Å². The standard InChI is InChI=1S/C19H30S/c1-16(19(2)13-7-8-14-19)18(12-6-9-15-20)17-10-4-3-5-11-17/h3-5,10-11,16,18,20H,6-9,12-15H2,1-2H3/t16-,18?/m0/s1. The first kappa shape index (κ1) is 15.9. The Hall–Kier alpha value is -0.430. The van der Waals surface area contributed by atoms with E-state index < -0.39 is 0 Å². The second kappa shape index (κ2) is 7.54. The van der Waals surface area contributed by atoms with E-state index in [2.05, 4.69) is 56.8 Å². The molecule has 1 aromatic rings. The maximum Gasteiger partial charge on any atom is -0.00979 e. The maximum atomic E-state index is 4.37. The van der Waals surface area contributed by atoms with Crippen LogP contribution in [-0.2, 0) is 0 Å². The summed E-state index contributed by atoms with van der Waals surface area (Å²) in [4.78, 5) is 0. The zero-order valence-corrected chi connectivity index (χ0v) is 14.0. The Kier molecular flexibility index (Phi) is 6.01. The van der Waals surface area contributed by atoms with Crippen molar-refractivity contribution in [1.82, 2.24) is 0 Å². The van der Waals surface area contributed by atoms with Crippen molar-refractivity contribution in [3.8, 4) is 0 Å². The molecule has 20 heavy (non-hydrogen) atoms. The van der Waals surface area contributed by atoms with E-state index in [1.807, 2.05) is 0 Å². The van der Waals surface area contributed by atoms with Gasteiger partial charge in [0, 0.05) is 0 Å². The molecule has 0 heterocycles. The van der Waals surface area contributed by atoms with Crippen LogP contribution in [0, 0.1) is 11.3 Å². The van der Waals surface area contributed by atoms with Crippen LogP contribution >= 0.6 is 12.6 Å². The van der Waals surface area contributed by atoms with E-state index in [1.54, 1.807) is 5.56 Å². The van der Waals surface area contributed by atoms with Gasteiger partial charge in [0.1, 0.15) is 0 Å². The zero-order valence-electron chi connectivity index (χ0n) is 13.1. The van der Waals surface area contributed by atoms with Crippen molar-refractivity contribution in [2.45, 2.75) is 64.7 Å². The number of unbranched alkanes of at least 4 members (excludes halogenated alkanes) is 1. The molecule has 0 aliphatic heterocycles. The van der Waals surface area contributed by atoms with Crippen LogP contribution in [0.4, 0.5) is 0 Å². The van der Waals surface area contributed by atoms with Gasteiger partial charge in [-0.05, 0) is 54.3 Å². The third-order valence-electron chi connectivity index (χ3n) is 5.60. The lowest BCUT2D eigenvalue weighted by Gasteiger charge is -2.38. The summed E-state index contributed by atoms with van der Waals surface area (Å²) in [5, 5.41) is 0. The van der Waals surface area contributed by atoms with Crippen LogP contribution in [0.3, 0.4) is 0 Å². The average Bonchev–Trinajstić information content (AvgIpc) is 2.92. The Labute approximate surface area is 130 Å². The summed E-state index contributed by atoms with van der Waals surface area (Å²) >= 11 is 4.37. The number of benzene rings is 1.